The number of amides is 1. The van der Waals surface area contributed by atoms with Crippen molar-refractivity contribution < 1.29 is 27.5 Å². The molecule has 0 bridgehead atoms. The first-order chi connectivity index (χ1) is 13.9. The second-order valence-corrected chi connectivity index (χ2v) is 9.62. The highest BCUT2D eigenvalue weighted by molar-refractivity contribution is 7.89. The van der Waals surface area contributed by atoms with Gasteiger partial charge in [-0.1, -0.05) is 6.07 Å². The van der Waals surface area contributed by atoms with E-state index in [0.717, 1.165) is 31.2 Å². The molecule has 2 saturated heterocycles. The minimum atomic E-state index is -3.58. The van der Waals surface area contributed by atoms with Crippen LogP contribution < -0.4 is 0 Å². The Kier molecular flexibility index (Phi) is 5.89. The predicted molar refractivity (Wildman–Crippen MR) is 104 cm³/mol. The van der Waals surface area contributed by atoms with E-state index in [1.807, 2.05) is 6.07 Å². The van der Waals surface area contributed by atoms with Crippen molar-refractivity contribution in [1.82, 2.24) is 9.21 Å². The summed E-state index contributed by atoms with van der Waals surface area (Å²) >= 11 is 0. The molecular weight excluding hydrogens is 396 g/mol. The zero-order chi connectivity index (χ0) is 20.4. The van der Waals surface area contributed by atoms with Crippen LogP contribution in [0, 0.1) is 0 Å². The van der Waals surface area contributed by atoms with Crippen LogP contribution in [-0.2, 0) is 41.9 Å². The maximum atomic E-state index is 13.0. The second-order valence-electron chi connectivity index (χ2n) is 7.68. The number of rotatable bonds is 5. The van der Waals surface area contributed by atoms with E-state index in [2.05, 4.69) is 0 Å². The van der Waals surface area contributed by atoms with Crippen LogP contribution in [0.5, 0.6) is 0 Å². The number of benzene rings is 1. The van der Waals surface area contributed by atoms with Crippen molar-refractivity contribution in [3.63, 3.8) is 0 Å². The number of hydrogen-bond acceptors (Lipinski definition) is 6. The van der Waals surface area contributed by atoms with Crippen molar-refractivity contribution in [3.05, 3.63) is 29.3 Å². The zero-order valence-electron chi connectivity index (χ0n) is 16.3. The molecule has 0 N–H and O–H groups in total. The molecule has 0 spiro atoms. The third-order valence-electron chi connectivity index (χ3n) is 5.83. The molecule has 9 heteroatoms. The number of ether oxygens (including phenoxy) is 2. The van der Waals surface area contributed by atoms with Crippen molar-refractivity contribution in [2.45, 2.75) is 43.1 Å². The van der Waals surface area contributed by atoms with Crippen molar-refractivity contribution >= 4 is 21.9 Å². The first-order valence-corrected chi connectivity index (χ1v) is 11.6. The molecule has 0 unspecified atom stereocenters. The number of nitrogens with zero attached hydrogens (tertiary/aromatic N) is 2. The van der Waals surface area contributed by atoms with Crippen LogP contribution in [-0.4, -0.2) is 75.0 Å². The van der Waals surface area contributed by atoms with Crippen LogP contribution in [0.2, 0.25) is 0 Å². The normalized spacial score (nSPS) is 22.5. The molecule has 1 aromatic rings. The van der Waals surface area contributed by atoms with Gasteiger partial charge < -0.3 is 14.4 Å². The second kappa shape index (κ2) is 8.41. The average Bonchev–Trinajstić information content (AvgIpc) is 3.43. The monoisotopic (exact) mass is 422 g/mol. The maximum Gasteiger partial charge on any atom is 0.335 e. The highest BCUT2D eigenvalue weighted by Gasteiger charge is 2.32. The molecule has 1 amide bonds. The van der Waals surface area contributed by atoms with Crippen molar-refractivity contribution in [2.75, 3.05) is 39.4 Å². The fraction of sp³-hybridized carbons (Fsp3) is 0.600. The van der Waals surface area contributed by atoms with Gasteiger partial charge in [0.15, 0.2) is 12.7 Å². The molecule has 2 aliphatic heterocycles. The molecule has 0 saturated carbocycles. The Morgan fingerprint density at radius 1 is 1.07 bits per heavy atom. The number of carbonyl (C=O) groups is 2. The lowest BCUT2D eigenvalue weighted by molar-refractivity contribution is -0.160. The molecule has 2 fully saturated rings. The van der Waals surface area contributed by atoms with Gasteiger partial charge in [0.1, 0.15) is 0 Å². The summed E-state index contributed by atoms with van der Waals surface area (Å²) in [5.41, 5.74) is 2.35. The third kappa shape index (κ3) is 4.31. The molecule has 158 valence electrons. The van der Waals surface area contributed by atoms with E-state index in [-0.39, 0.29) is 38.7 Å². The Hall–Kier alpha value is -1.97. The minimum absolute atomic E-state index is 0.227. The molecule has 0 aromatic heterocycles. The van der Waals surface area contributed by atoms with Crippen LogP contribution in [0.25, 0.3) is 0 Å². The largest absolute Gasteiger partial charge is 0.454 e. The minimum Gasteiger partial charge on any atom is -0.454 e. The van der Waals surface area contributed by atoms with Crippen LogP contribution in [0.15, 0.2) is 23.1 Å². The molecule has 8 nitrogen and oxygen atoms in total. The molecule has 4 rings (SSSR count). The van der Waals surface area contributed by atoms with Crippen LogP contribution in [0.3, 0.4) is 0 Å². The van der Waals surface area contributed by atoms with Gasteiger partial charge in [-0.3, -0.25) is 4.79 Å². The van der Waals surface area contributed by atoms with E-state index < -0.39 is 22.1 Å². The summed E-state index contributed by atoms with van der Waals surface area (Å²) < 4.78 is 37.7. The van der Waals surface area contributed by atoms with Crippen LogP contribution >= 0.6 is 0 Å². The number of hydrogen-bond donors (Lipinski definition) is 0. The SMILES string of the molecule is O=C(OCC(=O)N1CCN(S(=O)(=O)c2ccc3c(c2)CCC3)CC1)[C@H]1CCCO1. The van der Waals surface area contributed by atoms with E-state index in [0.29, 0.717) is 17.9 Å². The summed E-state index contributed by atoms with van der Waals surface area (Å²) in [5, 5.41) is 0. The highest BCUT2D eigenvalue weighted by atomic mass is 32.2. The fourth-order valence-electron chi connectivity index (χ4n) is 4.12. The molecule has 1 atom stereocenters. The Balaban J connectivity index is 1.30. The average molecular weight is 423 g/mol. The molecular formula is C20H26N2O6S. The molecule has 0 radical (unpaired) electrons. The Labute approximate surface area is 170 Å². The van der Waals surface area contributed by atoms with Gasteiger partial charge >= 0.3 is 5.97 Å². The van der Waals surface area contributed by atoms with Crippen molar-refractivity contribution in [2.24, 2.45) is 0 Å². The van der Waals surface area contributed by atoms with Crippen LogP contribution in [0.4, 0.5) is 0 Å². The Morgan fingerprint density at radius 3 is 2.55 bits per heavy atom. The number of esters is 1. The maximum absolute atomic E-state index is 13.0. The van der Waals surface area contributed by atoms with Crippen molar-refractivity contribution in [3.8, 4) is 0 Å². The summed E-state index contributed by atoms with van der Waals surface area (Å²) in [6.45, 7) is 1.21. The van der Waals surface area contributed by atoms with E-state index >= 15 is 0 Å². The van der Waals surface area contributed by atoms with E-state index in [1.165, 1.54) is 14.8 Å². The summed E-state index contributed by atoms with van der Waals surface area (Å²) in [6, 6.07) is 5.39. The lowest BCUT2D eigenvalue weighted by Gasteiger charge is -2.34. The summed E-state index contributed by atoms with van der Waals surface area (Å²) in [7, 11) is -3.58. The summed E-state index contributed by atoms with van der Waals surface area (Å²) in [4.78, 5) is 26.0. The van der Waals surface area contributed by atoms with Gasteiger partial charge in [0.05, 0.1) is 4.90 Å². The van der Waals surface area contributed by atoms with Gasteiger partial charge in [0.2, 0.25) is 10.0 Å². The predicted octanol–water partition coefficient (Wildman–Crippen LogP) is 0.730. The lowest BCUT2D eigenvalue weighted by atomic mass is 10.1. The Morgan fingerprint density at radius 2 is 1.83 bits per heavy atom. The topological polar surface area (TPSA) is 93.2 Å². The van der Waals surface area contributed by atoms with E-state index in [9.17, 15) is 18.0 Å². The number of piperazine rings is 1. The molecule has 1 aromatic carbocycles. The number of fused-ring (bicyclic) bond motifs is 1. The standard InChI is InChI=1S/C20H26N2O6S/c23-19(14-28-20(24)18-5-2-12-27-18)21-8-10-22(11-9-21)29(25,26)17-7-6-15-3-1-4-16(15)13-17/h6-7,13,18H,1-5,8-12,14H2/t18-/m1/s1. The highest BCUT2D eigenvalue weighted by Crippen LogP contribution is 2.26. The van der Waals surface area contributed by atoms with Gasteiger partial charge in [-0.05, 0) is 55.4 Å². The first-order valence-electron chi connectivity index (χ1n) is 10.1. The first kappa shape index (κ1) is 20.3. The summed E-state index contributed by atoms with van der Waals surface area (Å²) in [5.74, 6) is -0.820. The third-order valence-corrected chi connectivity index (χ3v) is 7.72. The fourth-order valence-corrected chi connectivity index (χ4v) is 5.59. The molecule has 1 aliphatic carbocycles. The smallest absolute Gasteiger partial charge is 0.335 e. The number of sulfonamides is 1. The number of carbonyl (C=O) groups excluding carboxylic acids is 2. The van der Waals surface area contributed by atoms with Gasteiger partial charge in [0, 0.05) is 32.8 Å². The van der Waals surface area contributed by atoms with E-state index in [4.69, 9.17) is 9.47 Å². The molecule has 3 aliphatic rings. The molecule has 29 heavy (non-hydrogen) atoms. The quantitative estimate of drug-likeness (QED) is 0.650. The van der Waals surface area contributed by atoms with Gasteiger partial charge in [-0.2, -0.15) is 4.31 Å². The van der Waals surface area contributed by atoms with Gasteiger partial charge in [-0.25, -0.2) is 13.2 Å². The summed E-state index contributed by atoms with van der Waals surface area (Å²) in [6.07, 6.45) is 3.86. The molecule has 2 heterocycles. The van der Waals surface area contributed by atoms with Crippen LogP contribution in [0.1, 0.15) is 30.4 Å². The zero-order valence-corrected chi connectivity index (χ0v) is 17.2. The van der Waals surface area contributed by atoms with Gasteiger partial charge in [0.25, 0.3) is 5.91 Å². The van der Waals surface area contributed by atoms with Gasteiger partial charge in [-0.15, -0.1) is 0 Å². The lowest BCUT2D eigenvalue weighted by Crippen LogP contribution is -2.51. The van der Waals surface area contributed by atoms with Crippen molar-refractivity contribution in [1.29, 1.82) is 0 Å². The Bertz CT molecular complexity index is 886. The number of aryl methyl sites for hydroxylation is 2. The van der Waals surface area contributed by atoms with E-state index in [1.54, 1.807) is 12.1 Å².